The molecule has 0 spiro atoms. The second-order valence-electron chi connectivity index (χ2n) is 4.35. The Kier molecular flexibility index (Phi) is 2.56. The Balaban J connectivity index is 2.33. The summed E-state index contributed by atoms with van der Waals surface area (Å²) in [6, 6.07) is 9.42. The van der Waals surface area contributed by atoms with Crippen molar-refractivity contribution in [3.63, 3.8) is 0 Å². The molecule has 1 aliphatic rings. The molecule has 0 saturated carbocycles. The number of amides is 2. The number of hydrogen-bond acceptors (Lipinski definition) is 3. The molecule has 2 N–H and O–H groups in total. The van der Waals surface area contributed by atoms with E-state index in [4.69, 9.17) is 0 Å². The van der Waals surface area contributed by atoms with Gasteiger partial charge in [-0.3, -0.25) is 14.9 Å². The number of carbonyl (C=O) groups is 2. The molecule has 1 heterocycles. The molecule has 19 heavy (non-hydrogen) atoms. The Morgan fingerprint density at radius 2 is 1.89 bits per heavy atom. The monoisotopic (exact) mass is 252 g/mol. The second-order valence-corrected chi connectivity index (χ2v) is 4.35. The van der Waals surface area contributed by atoms with E-state index in [0.717, 1.165) is 10.8 Å². The lowest BCUT2D eigenvalue weighted by Crippen LogP contribution is -2.20. The average molecular weight is 252 g/mol. The minimum Gasteiger partial charge on any atom is -0.381 e. The van der Waals surface area contributed by atoms with Crippen molar-refractivity contribution in [1.82, 2.24) is 5.32 Å². The van der Waals surface area contributed by atoms with E-state index in [1.54, 1.807) is 6.08 Å². The molecule has 3 rings (SSSR count). The lowest BCUT2D eigenvalue weighted by atomic mass is 9.98. The third-order valence-electron chi connectivity index (χ3n) is 3.17. The first-order chi connectivity index (χ1) is 9.22. The van der Waals surface area contributed by atoms with Crippen LogP contribution >= 0.6 is 0 Å². The molecular formula is C15H12N2O2. The average Bonchev–Trinajstić information content (AvgIpc) is 2.72. The third-order valence-corrected chi connectivity index (χ3v) is 3.17. The van der Waals surface area contributed by atoms with Gasteiger partial charge in [-0.05, 0) is 16.8 Å². The lowest BCUT2D eigenvalue weighted by Gasteiger charge is -2.10. The Morgan fingerprint density at radius 1 is 1.16 bits per heavy atom. The first-order valence-electron chi connectivity index (χ1n) is 5.98. The summed E-state index contributed by atoms with van der Waals surface area (Å²) in [6.45, 7) is 4.17. The van der Waals surface area contributed by atoms with Crippen molar-refractivity contribution in [1.29, 1.82) is 0 Å². The van der Waals surface area contributed by atoms with Gasteiger partial charge in [-0.1, -0.05) is 30.3 Å². The Morgan fingerprint density at radius 3 is 2.68 bits per heavy atom. The van der Waals surface area contributed by atoms with Crippen LogP contribution in [0.3, 0.4) is 0 Å². The van der Waals surface area contributed by atoms with Crippen LogP contribution in [-0.2, 0) is 0 Å². The first kappa shape index (κ1) is 11.5. The summed E-state index contributed by atoms with van der Waals surface area (Å²) in [5.74, 6) is -0.684. The van der Waals surface area contributed by atoms with Crippen LogP contribution in [0.1, 0.15) is 20.7 Å². The van der Waals surface area contributed by atoms with Crippen molar-refractivity contribution in [3.05, 3.63) is 54.1 Å². The smallest absolute Gasteiger partial charge is 0.261 e. The van der Waals surface area contributed by atoms with Crippen LogP contribution in [0.2, 0.25) is 0 Å². The summed E-state index contributed by atoms with van der Waals surface area (Å²) in [5.41, 5.74) is 1.54. The Labute approximate surface area is 110 Å². The minimum atomic E-state index is -0.350. The van der Waals surface area contributed by atoms with E-state index >= 15 is 0 Å². The van der Waals surface area contributed by atoms with Gasteiger partial charge in [-0.2, -0.15) is 0 Å². The Bertz CT molecular complexity index is 719. The largest absolute Gasteiger partial charge is 0.381 e. The van der Waals surface area contributed by atoms with Crippen molar-refractivity contribution >= 4 is 28.3 Å². The Hall–Kier alpha value is -2.62. The number of anilines is 1. The van der Waals surface area contributed by atoms with E-state index in [9.17, 15) is 9.59 Å². The number of hydrogen-bond donors (Lipinski definition) is 2. The van der Waals surface area contributed by atoms with Gasteiger partial charge in [0.05, 0.1) is 11.1 Å². The second kappa shape index (κ2) is 4.24. The zero-order chi connectivity index (χ0) is 13.4. The molecule has 2 aromatic rings. The van der Waals surface area contributed by atoms with Crippen molar-refractivity contribution in [2.45, 2.75) is 0 Å². The van der Waals surface area contributed by atoms with Crippen LogP contribution in [0, 0.1) is 0 Å². The SMILES string of the molecule is C=CCNc1cc2ccccc2c2c1C(=O)NC2=O. The zero-order valence-corrected chi connectivity index (χ0v) is 10.2. The van der Waals surface area contributed by atoms with Crippen molar-refractivity contribution in [2.75, 3.05) is 11.9 Å². The van der Waals surface area contributed by atoms with E-state index in [1.165, 1.54) is 0 Å². The highest BCUT2D eigenvalue weighted by molar-refractivity contribution is 6.29. The van der Waals surface area contributed by atoms with Gasteiger partial charge < -0.3 is 5.32 Å². The quantitative estimate of drug-likeness (QED) is 0.651. The van der Waals surface area contributed by atoms with Gasteiger partial charge >= 0.3 is 0 Å². The molecule has 0 atom stereocenters. The molecule has 4 heteroatoms. The van der Waals surface area contributed by atoms with Gasteiger partial charge in [0.1, 0.15) is 0 Å². The van der Waals surface area contributed by atoms with Crippen LogP contribution < -0.4 is 10.6 Å². The van der Waals surface area contributed by atoms with Gasteiger partial charge in [-0.25, -0.2) is 0 Å². The summed E-state index contributed by atoms with van der Waals surface area (Å²) >= 11 is 0. The van der Waals surface area contributed by atoms with E-state index in [2.05, 4.69) is 17.2 Å². The summed E-state index contributed by atoms with van der Waals surface area (Å²) in [4.78, 5) is 23.8. The van der Waals surface area contributed by atoms with Crippen LogP contribution in [-0.4, -0.2) is 18.4 Å². The van der Waals surface area contributed by atoms with Crippen molar-refractivity contribution in [2.24, 2.45) is 0 Å². The molecule has 0 radical (unpaired) electrons. The van der Waals surface area contributed by atoms with Crippen molar-refractivity contribution < 1.29 is 9.59 Å². The number of imide groups is 1. The highest BCUT2D eigenvalue weighted by Crippen LogP contribution is 2.32. The first-order valence-corrected chi connectivity index (χ1v) is 5.98. The minimum absolute atomic E-state index is 0.335. The molecule has 0 unspecified atom stereocenters. The third kappa shape index (κ3) is 1.69. The summed E-state index contributed by atoms with van der Waals surface area (Å²) in [7, 11) is 0. The standard InChI is InChI=1S/C15H12N2O2/c1-2-7-16-11-8-9-5-3-4-6-10(9)12-13(11)15(19)17-14(12)18/h2-6,8,16H,1,7H2,(H,17,18,19). The molecule has 94 valence electrons. The van der Waals surface area contributed by atoms with Crippen LogP contribution in [0.5, 0.6) is 0 Å². The number of carbonyl (C=O) groups excluding carboxylic acids is 2. The molecule has 0 fully saturated rings. The zero-order valence-electron chi connectivity index (χ0n) is 10.2. The number of rotatable bonds is 3. The fourth-order valence-corrected chi connectivity index (χ4v) is 2.37. The topological polar surface area (TPSA) is 58.2 Å². The maximum atomic E-state index is 11.9. The van der Waals surface area contributed by atoms with E-state index in [0.29, 0.717) is 23.4 Å². The highest BCUT2D eigenvalue weighted by atomic mass is 16.2. The predicted molar refractivity (Wildman–Crippen MR) is 74.4 cm³/mol. The molecule has 0 aliphatic carbocycles. The number of nitrogens with one attached hydrogen (secondary N) is 2. The number of fused-ring (bicyclic) bond motifs is 3. The molecule has 4 nitrogen and oxygen atoms in total. The maximum Gasteiger partial charge on any atom is 0.261 e. The fourth-order valence-electron chi connectivity index (χ4n) is 2.37. The van der Waals surface area contributed by atoms with Gasteiger partial charge in [0, 0.05) is 12.2 Å². The molecule has 2 aromatic carbocycles. The molecule has 1 aliphatic heterocycles. The molecule has 0 bridgehead atoms. The van der Waals surface area contributed by atoms with Gasteiger partial charge in [0.15, 0.2) is 0 Å². The van der Waals surface area contributed by atoms with Crippen molar-refractivity contribution in [3.8, 4) is 0 Å². The normalized spacial score (nSPS) is 13.3. The van der Waals surface area contributed by atoms with Gasteiger partial charge in [0.2, 0.25) is 0 Å². The molecule has 0 saturated heterocycles. The number of benzene rings is 2. The van der Waals surface area contributed by atoms with E-state index < -0.39 is 0 Å². The molecular weight excluding hydrogens is 240 g/mol. The van der Waals surface area contributed by atoms with Crippen LogP contribution in [0.25, 0.3) is 10.8 Å². The molecule has 2 amide bonds. The van der Waals surface area contributed by atoms with Gasteiger partial charge in [-0.15, -0.1) is 6.58 Å². The lowest BCUT2D eigenvalue weighted by molar-refractivity contribution is 0.0880. The summed E-state index contributed by atoms with van der Waals surface area (Å²) in [5, 5.41) is 7.18. The van der Waals surface area contributed by atoms with Crippen LogP contribution in [0.4, 0.5) is 5.69 Å². The summed E-state index contributed by atoms with van der Waals surface area (Å²) in [6.07, 6.45) is 1.70. The summed E-state index contributed by atoms with van der Waals surface area (Å²) < 4.78 is 0. The van der Waals surface area contributed by atoms with E-state index in [-0.39, 0.29) is 11.8 Å². The predicted octanol–water partition coefficient (Wildman–Crippen LogP) is 2.32. The fraction of sp³-hybridized carbons (Fsp3) is 0.0667. The molecule has 0 aromatic heterocycles. The van der Waals surface area contributed by atoms with Crippen LogP contribution in [0.15, 0.2) is 43.0 Å². The van der Waals surface area contributed by atoms with E-state index in [1.807, 2.05) is 30.3 Å². The van der Waals surface area contributed by atoms with Gasteiger partial charge in [0.25, 0.3) is 11.8 Å². The maximum absolute atomic E-state index is 11.9. The highest BCUT2D eigenvalue weighted by Gasteiger charge is 2.31.